The number of halogens is 1. The average Bonchev–Trinajstić information content (AvgIpc) is 2.61. The van der Waals surface area contributed by atoms with Crippen molar-refractivity contribution >= 4 is 11.6 Å². The van der Waals surface area contributed by atoms with Crippen molar-refractivity contribution in [1.29, 1.82) is 0 Å². The Morgan fingerprint density at radius 1 is 1.50 bits per heavy atom. The molecule has 0 aliphatic heterocycles. The van der Waals surface area contributed by atoms with Crippen LogP contribution < -0.4 is 0 Å². The van der Waals surface area contributed by atoms with E-state index < -0.39 is 0 Å². The van der Waals surface area contributed by atoms with Crippen LogP contribution in [-0.2, 0) is 22.5 Å². The Morgan fingerprint density at radius 2 is 2.36 bits per heavy atom. The number of aromatic nitrogens is 1. The molecule has 0 N–H and O–H groups in total. The molecule has 14 heavy (non-hydrogen) atoms. The van der Waals surface area contributed by atoms with Crippen LogP contribution in [0.3, 0.4) is 0 Å². The quantitative estimate of drug-likeness (QED) is 0.516. The predicted octanol–water partition coefficient (Wildman–Crippen LogP) is 1.62. The normalized spacial score (nSPS) is 10.7. The fraction of sp³-hybridized carbons (Fsp3) is 0.667. The zero-order valence-corrected chi connectivity index (χ0v) is 8.92. The highest BCUT2D eigenvalue weighted by molar-refractivity contribution is 6.17. The largest absolute Gasteiger partial charge is 0.443 e. The molecular formula is C9H14ClNO3. The van der Waals surface area contributed by atoms with E-state index in [1.165, 1.54) is 0 Å². The lowest BCUT2D eigenvalue weighted by Gasteiger charge is -1.99. The Kier molecular flexibility index (Phi) is 5.59. The minimum Gasteiger partial charge on any atom is -0.443 e. The highest BCUT2D eigenvalue weighted by Gasteiger charge is 2.02. The smallest absolute Gasteiger partial charge is 0.195 e. The van der Waals surface area contributed by atoms with Crippen molar-refractivity contribution in [3.63, 3.8) is 0 Å². The number of rotatable bonds is 7. The minimum absolute atomic E-state index is 0.429. The molecule has 0 aliphatic carbocycles. The van der Waals surface area contributed by atoms with Crippen molar-refractivity contribution in [2.75, 3.05) is 26.2 Å². The number of methoxy groups -OCH3 is 1. The zero-order valence-electron chi connectivity index (χ0n) is 8.16. The highest BCUT2D eigenvalue weighted by Crippen LogP contribution is 2.06. The van der Waals surface area contributed by atoms with E-state index in [-0.39, 0.29) is 0 Å². The first kappa shape index (κ1) is 11.5. The number of oxazole rings is 1. The van der Waals surface area contributed by atoms with Gasteiger partial charge in [-0.2, -0.15) is 0 Å². The molecule has 0 radical (unpaired) electrons. The fourth-order valence-corrected chi connectivity index (χ4v) is 1.09. The summed E-state index contributed by atoms with van der Waals surface area (Å²) in [5, 5.41) is 0. The number of aryl methyl sites for hydroxylation is 1. The van der Waals surface area contributed by atoms with Gasteiger partial charge in [-0.15, -0.1) is 11.6 Å². The molecule has 0 fully saturated rings. The van der Waals surface area contributed by atoms with Crippen LogP contribution in [0.4, 0.5) is 0 Å². The highest BCUT2D eigenvalue weighted by atomic mass is 35.5. The molecule has 0 unspecified atom stereocenters. The van der Waals surface area contributed by atoms with Crippen LogP contribution in [0.5, 0.6) is 0 Å². The molecule has 0 saturated carbocycles. The lowest BCUT2D eigenvalue weighted by atomic mass is 10.5. The summed E-state index contributed by atoms with van der Waals surface area (Å²) in [6.07, 6.45) is 2.31. The van der Waals surface area contributed by atoms with Crippen molar-refractivity contribution in [2.45, 2.75) is 13.0 Å². The van der Waals surface area contributed by atoms with Gasteiger partial charge in [0.1, 0.15) is 12.4 Å². The molecule has 1 heterocycles. The van der Waals surface area contributed by atoms with Crippen LogP contribution in [0.1, 0.15) is 11.7 Å². The summed E-state index contributed by atoms with van der Waals surface area (Å²) >= 11 is 5.54. The van der Waals surface area contributed by atoms with Gasteiger partial charge in [0.05, 0.1) is 19.4 Å². The third-order valence-corrected chi connectivity index (χ3v) is 1.77. The number of alkyl halides is 1. The molecule has 1 aromatic rings. The first-order valence-corrected chi connectivity index (χ1v) is 4.96. The van der Waals surface area contributed by atoms with E-state index in [1.54, 1.807) is 13.3 Å². The summed E-state index contributed by atoms with van der Waals surface area (Å²) in [6.45, 7) is 1.57. The van der Waals surface area contributed by atoms with Crippen LogP contribution in [0.15, 0.2) is 10.6 Å². The van der Waals surface area contributed by atoms with E-state index >= 15 is 0 Å². The topological polar surface area (TPSA) is 44.5 Å². The molecule has 1 aromatic heterocycles. The average molecular weight is 220 g/mol. The monoisotopic (exact) mass is 219 g/mol. The number of hydrogen-bond acceptors (Lipinski definition) is 4. The van der Waals surface area contributed by atoms with Gasteiger partial charge in [-0.1, -0.05) is 0 Å². The van der Waals surface area contributed by atoms with Gasteiger partial charge in [-0.25, -0.2) is 4.98 Å². The van der Waals surface area contributed by atoms with Gasteiger partial charge in [0.25, 0.3) is 0 Å². The first-order chi connectivity index (χ1) is 6.86. The van der Waals surface area contributed by atoms with Crippen LogP contribution in [0, 0.1) is 0 Å². The van der Waals surface area contributed by atoms with Gasteiger partial charge in [0, 0.05) is 19.4 Å². The van der Waals surface area contributed by atoms with Crippen molar-refractivity contribution in [1.82, 2.24) is 4.98 Å². The molecule has 0 bridgehead atoms. The molecule has 0 spiro atoms. The zero-order chi connectivity index (χ0) is 10.2. The Hall–Kier alpha value is -0.580. The number of ether oxygens (including phenoxy) is 2. The van der Waals surface area contributed by atoms with Gasteiger partial charge in [0.2, 0.25) is 0 Å². The maximum atomic E-state index is 5.54. The summed E-state index contributed by atoms with van der Waals surface area (Å²) in [5.41, 5.74) is 0. The van der Waals surface area contributed by atoms with Crippen molar-refractivity contribution in [3.05, 3.63) is 17.8 Å². The Labute approximate surface area is 88.2 Å². The SMILES string of the molecule is COCCOCc1cnc(CCCl)o1. The van der Waals surface area contributed by atoms with Crippen LogP contribution in [0.25, 0.3) is 0 Å². The Morgan fingerprint density at radius 3 is 3.07 bits per heavy atom. The maximum absolute atomic E-state index is 5.54. The van der Waals surface area contributed by atoms with Gasteiger partial charge in [-0.05, 0) is 0 Å². The van der Waals surface area contributed by atoms with E-state index in [9.17, 15) is 0 Å². The van der Waals surface area contributed by atoms with E-state index in [0.29, 0.717) is 38.0 Å². The molecule has 1 rings (SSSR count). The third-order valence-electron chi connectivity index (χ3n) is 1.59. The summed E-state index contributed by atoms with van der Waals surface area (Å²) in [6, 6.07) is 0. The second-order valence-electron chi connectivity index (χ2n) is 2.70. The molecule has 0 saturated heterocycles. The molecular weight excluding hydrogens is 206 g/mol. The van der Waals surface area contributed by atoms with Crippen molar-refractivity contribution in [2.24, 2.45) is 0 Å². The summed E-state index contributed by atoms with van der Waals surface area (Å²) in [7, 11) is 1.64. The lowest BCUT2D eigenvalue weighted by molar-refractivity contribution is 0.0534. The van der Waals surface area contributed by atoms with E-state index in [2.05, 4.69) is 4.98 Å². The fourth-order valence-electron chi connectivity index (χ4n) is 0.926. The van der Waals surface area contributed by atoms with Crippen LogP contribution >= 0.6 is 11.6 Å². The molecule has 0 aliphatic rings. The van der Waals surface area contributed by atoms with E-state index in [4.69, 9.17) is 25.5 Å². The van der Waals surface area contributed by atoms with Gasteiger partial charge in [0.15, 0.2) is 5.89 Å². The Balaban J connectivity index is 2.22. The van der Waals surface area contributed by atoms with Crippen LogP contribution in [-0.4, -0.2) is 31.2 Å². The second-order valence-corrected chi connectivity index (χ2v) is 3.08. The van der Waals surface area contributed by atoms with E-state index in [0.717, 1.165) is 5.76 Å². The molecule has 0 atom stereocenters. The first-order valence-electron chi connectivity index (χ1n) is 4.43. The Bertz CT molecular complexity index is 252. The minimum atomic E-state index is 0.429. The number of nitrogens with zero attached hydrogens (tertiary/aromatic N) is 1. The van der Waals surface area contributed by atoms with E-state index in [1.807, 2.05) is 0 Å². The third kappa shape index (κ3) is 4.09. The number of hydrogen-bond donors (Lipinski definition) is 0. The predicted molar refractivity (Wildman–Crippen MR) is 52.5 cm³/mol. The summed E-state index contributed by atoms with van der Waals surface area (Å²) < 4.78 is 15.4. The standard InChI is InChI=1S/C9H14ClNO3/c1-12-4-5-13-7-8-6-11-9(14-8)2-3-10/h6H,2-5,7H2,1H3. The lowest BCUT2D eigenvalue weighted by Crippen LogP contribution is -2.01. The molecule has 0 amide bonds. The second kappa shape index (κ2) is 6.81. The summed E-state index contributed by atoms with van der Waals surface area (Å²) in [5.74, 6) is 1.90. The van der Waals surface area contributed by atoms with Gasteiger partial charge in [-0.3, -0.25) is 0 Å². The van der Waals surface area contributed by atoms with Crippen molar-refractivity contribution in [3.8, 4) is 0 Å². The molecule has 4 nitrogen and oxygen atoms in total. The van der Waals surface area contributed by atoms with Crippen LogP contribution in [0.2, 0.25) is 0 Å². The van der Waals surface area contributed by atoms with Gasteiger partial charge < -0.3 is 13.9 Å². The molecule has 80 valence electrons. The molecule has 0 aromatic carbocycles. The maximum Gasteiger partial charge on any atom is 0.195 e. The summed E-state index contributed by atoms with van der Waals surface area (Å²) in [4.78, 5) is 4.04. The molecule has 5 heteroatoms. The van der Waals surface area contributed by atoms with Gasteiger partial charge >= 0.3 is 0 Å². The van der Waals surface area contributed by atoms with Crippen molar-refractivity contribution < 1.29 is 13.9 Å².